The Labute approximate surface area is 501 Å². The molecule has 0 spiro atoms. The molecule has 0 bridgehead atoms. The van der Waals surface area contributed by atoms with Crippen molar-refractivity contribution in [2.24, 2.45) is 11.8 Å². The Balaban J connectivity index is 1.04. The van der Waals surface area contributed by atoms with Gasteiger partial charge in [-0.15, -0.1) is 0 Å². The van der Waals surface area contributed by atoms with Gasteiger partial charge in [-0.25, -0.2) is 9.78 Å². The molecule has 21 heteroatoms. The summed E-state index contributed by atoms with van der Waals surface area (Å²) in [6.45, 7) is 13.0. The molecule has 3 aromatic heterocycles. The van der Waals surface area contributed by atoms with Crippen LogP contribution in [-0.4, -0.2) is 135 Å². The number of hydroxylamine groups is 2. The van der Waals surface area contributed by atoms with Crippen LogP contribution in [0.3, 0.4) is 0 Å². The number of nitrogens with one attached hydrogen (secondary N) is 3. The van der Waals surface area contributed by atoms with Crippen LogP contribution in [0.25, 0.3) is 11.2 Å². The third-order valence-electron chi connectivity index (χ3n) is 16.4. The van der Waals surface area contributed by atoms with Crippen molar-refractivity contribution in [2.75, 3.05) is 67.1 Å². The lowest BCUT2D eigenvalue weighted by atomic mass is 9.80. The number of rotatable bonds is 24. The molecule has 2 aliphatic rings. The van der Waals surface area contributed by atoms with Crippen LogP contribution in [0.1, 0.15) is 69.3 Å². The first-order valence-electron chi connectivity index (χ1n) is 28.9. The molecule has 10 rings (SSSR count). The Kier molecular flexibility index (Phi) is 18.7. The van der Waals surface area contributed by atoms with Gasteiger partial charge in [-0.2, -0.15) is 10.0 Å². The Morgan fingerprint density at radius 1 is 0.674 bits per heavy atom. The number of benzene rings is 5. The second-order valence-corrected chi connectivity index (χ2v) is 27.6. The molecule has 0 saturated carbocycles. The van der Waals surface area contributed by atoms with Gasteiger partial charge in [0.25, 0.3) is 19.4 Å². The van der Waals surface area contributed by atoms with Crippen molar-refractivity contribution >= 4 is 35.8 Å². The molecule has 20 nitrogen and oxygen atoms in total. The normalized spacial score (nSPS) is 20.9. The quantitative estimate of drug-likeness (QED) is 0.0307. The maximum absolute atomic E-state index is 13.8. The van der Waals surface area contributed by atoms with Crippen molar-refractivity contribution < 1.29 is 42.4 Å². The summed E-state index contributed by atoms with van der Waals surface area (Å²) < 4.78 is 56.9. The van der Waals surface area contributed by atoms with Gasteiger partial charge in [0, 0.05) is 52.0 Å². The summed E-state index contributed by atoms with van der Waals surface area (Å²) in [5.74, 6) is 1.41. The summed E-state index contributed by atoms with van der Waals surface area (Å²) >= 11 is 0. The smallest absolute Gasteiger partial charge is 0.330 e. The number of nitrogens with zero attached hydrogens (tertiary/aromatic N) is 5. The summed E-state index contributed by atoms with van der Waals surface area (Å²) in [6, 6.07) is 46.2. The molecule has 0 amide bonds. The van der Waals surface area contributed by atoms with E-state index in [2.05, 4.69) is 79.2 Å². The molecule has 3 N–H and O–H groups in total. The monoisotopic (exact) mass is 1190 g/mol. The van der Waals surface area contributed by atoms with Crippen LogP contribution in [0, 0.1) is 18.8 Å². The Morgan fingerprint density at radius 2 is 1.22 bits per heavy atom. The summed E-state index contributed by atoms with van der Waals surface area (Å²) in [4.78, 5) is 61.8. The second kappa shape index (κ2) is 26.2. The molecule has 5 heterocycles. The van der Waals surface area contributed by atoms with Gasteiger partial charge in [0.1, 0.15) is 41.5 Å². The number of anilines is 1. The lowest BCUT2D eigenvalue weighted by Gasteiger charge is -2.46. The van der Waals surface area contributed by atoms with E-state index in [9.17, 15) is 14.4 Å². The van der Waals surface area contributed by atoms with Crippen molar-refractivity contribution in [2.45, 2.75) is 95.2 Å². The van der Waals surface area contributed by atoms with Crippen LogP contribution >= 0.6 is 0 Å². The SMILES string of the molecule is COc1ccc(C(OC[C@H]2O[C@@H](n3cnc4c(=O)[nH]c(NCC(C)C)nc43)[C@H](OC)[C@@H]2CN(C)OC[C@H]2O[C@@H](n3cc(C)c(=O)[nH]c3=O)[C@H](OC)[C@@H]2O[Si](c2ccccc2)(c2ccccc2)C(C)(C)C)(c2ccccc2)c2ccc(OC)cc2)cc1. The van der Waals surface area contributed by atoms with Crippen molar-refractivity contribution in [3.63, 3.8) is 0 Å². The van der Waals surface area contributed by atoms with Crippen LogP contribution in [0.4, 0.5) is 5.95 Å². The maximum atomic E-state index is 13.8. The number of fused-ring (bicyclic) bond motifs is 1. The highest BCUT2D eigenvalue weighted by atomic mass is 28.4. The zero-order valence-electron chi connectivity index (χ0n) is 50.6. The Bertz CT molecular complexity index is 3620. The minimum absolute atomic E-state index is 0.00826. The highest BCUT2D eigenvalue weighted by molar-refractivity contribution is 6.99. The molecule has 0 aliphatic carbocycles. The van der Waals surface area contributed by atoms with Crippen LogP contribution in [0.15, 0.2) is 166 Å². The van der Waals surface area contributed by atoms with E-state index in [1.165, 1.54) is 10.8 Å². The zero-order valence-corrected chi connectivity index (χ0v) is 51.6. The van der Waals surface area contributed by atoms with E-state index >= 15 is 0 Å². The summed E-state index contributed by atoms with van der Waals surface area (Å²) in [5.41, 5.74) is 0.478. The molecule has 2 aliphatic heterocycles. The number of aromatic amines is 2. The van der Waals surface area contributed by atoms with Crippen LogP contribution < -0.4 is 42.0 Å². The predicted octanol–water partition coefficient (Wildman–Crippen LogP) is 7.32. The molecule has 2 fully saturated rings. The van der Waals surface area contributed by atoms with Crippen molar-refractivity contribution in [3.05, 3.63) is 205 Å². The summed E-state index contributed by atoms with van der Waals surface area (Å²) in [7, 11) is 4.95. The first-order chi connectivity index (χ1) is 41.4. The number of imidazole rings is 1. The van der Waals surface area contributed by atoms with Crippen molar-refractivity contribution in [3.8, 4) is 11.5 Å². The Morgan fingerprint density at radius 3 is 1.77 bits per heavy atom. The van der Waals surface area contributed by atoms with Crippen molar-refractivity contribution in [1.82, 2.24) is 34.1 Å². The lowest BCUT2D eigenvalue weighted by molar-refractivity contribution is -0.190. The first-order valence-corrected chi connectivity index (χ1v) is 30.9. The molecule has 2 saturated heterocycles. The minimum Gasteiger partial charge on any atom is -0.497 e. The molecule has 454 valence electrons. The molecule has 0 radical (unpaired) electrons. The van der Waals surface area contributed by atoms with Crippen LogP contribution in [0.2, 0.25) is 5.04 Å². The average molecular weight is 1190 g/mol. The summed E-state index contributed by atoms with van der Waals surface area (Å²) in [6.07, 6.45) is -2.84. The number of aromatic nitrogens is 6. The van der Waals surface area contributed by atoms with E-state index in [-0.39, 0.29) is 31.2 Å². The Hall–Kier alpha value is -7.57. The van der Waals surface area contributed by atoms with Gasteiger partial charge in [-0.1, -0.05) is 150 Å². The van der Waals surface area contributed by atoms with Gasteiger partial charge in [0.2, 0.25) is 5.95 Å². The average Bonchev–Trinajstić information content (AvgIpc) is 1.20. The standard InChI is InChI=1S/C65H78N8O12Si/c1-41(2)35-66-62-68-57-53(59(75)69-62)67-40-73(57)60-54(79-10)50(51(83-60)38-81-65(43-21-15-12-16-22-43,44-27-31-46(77-8)32-28-44)45-29-33-47(78-9)34-30-45)37-71(7)82-39-52-55(56(80-11)61(84-52)72-36-42(3)58(74)70-63(72)76)85-86(64(4,5)6,48-23-17-13-18-24-48)49-25-19-14-20-26-49/h12-34,36,40-41,50-52,54-56,60-61H,35,37-39H2,1-11H3,(H,70,74,76)(H2,66,68,69,75)/t50-,51-,52-,54-,55-,56-,60-,61-/m1/s1. The fourth-order valence-electron chi connectivity index (χ4n) is 12.1. The molecular formula is C65H78N8O12Si. The molecule has 8 atom stereocenters. The molecular weight excluding hydrogens is 1110 g/mol. The van der Waals surface area contributed by atoms with Gasteiger partial charge in [-0.05, 0) is 69.2 Å². The molecule has 0 unspecified atom stereocenters. The molecule has 86 heavy (non-hydrogen) atoms. The van der Waals surface area contributed by atoms with Gasteiger partial charge in [-0.3, -0.25) is 33.5 Å². The number of aryl methyl sites for hydroxylation is 1. The van der Waals surface area contributed by atoms with E-state index in [0.29, 0.717) is 35.2 Å². The van der Waals surface area contributed by atoms with Crippen LogP contribution in [0.5, 0.6) is 11.5 Å². The number of ether oxygens (including phenoxy) is 7. The number of methoxy groups -OCH3 is 4. The van der Waals surface area contributed by atoms with Gasteiger partial charge in [0.05, 0.1) is 39.9 Å². The van der Waals surface area contributed by atoms with Gasteiger partial charge in [0.15, 0.2) is 23.6 Å². The first kappa shape index (κ1) is 61.5. The van der Waals surface area contributed by atoms with E-state index in [1.54, 1.807) is 51.3 Å². The topological polar surface area (TPSA) is 217 Å². The fourth-order valence-corrected chi connectivity index (χ4v) is 16.8. The largest absolute Gasteiger partial charge is 0.497 e. The van der Waals surface area contributed by atoms with E-state index < -0.39 is 84.7 Å². The third-order valence-corrected chi connectivity index (χ3v) is 21.5. The van der Waals surface area contributed by atoms with Crippen LogP contribution in [-0.2, 0) is 38.5 Å². The second-order valence-electron chi connectivity index (χ2n) is 23.4. The van der Waals surface area contributed by atoms with E-state index in [4.69, 9.17) is 47.4 Å². The zero-order chi connectivity index (χ0) is 60.9. The highest BCUT2D eigenvalue weighted by Crippen LogP contribution is 2.46. The summed E-state index contributed by atoms with van der Waals surface area (Å²) in [5, 5.41) is 6.59. The minimum atomic E-state index is -3.34. The van der Waals surface area contributed by atoms with Gasteiger partial charge < -0.3 is 42.9 Å². The maximum Gasteiger partial charge on any atom is 0.330 e. The highest BCUT2D eigenvalue weighted by Gasteiger charge is 2.57. The van der Waals surface area contributed by atoms with E-state index in [1.807, 2.05) is 122 Å². The third kappa shape index (κ3) is 12.1. The van der Waals surface area contributed by atoms with E-state index in [0.717, 1.165) is 27.1 Å². The predicted molar refractivity (Wildman–Crippen MR) is 330 cm³/mol. The lowest BCUT2D eigenvalue weighted by Crippen LogP contribution is -2.69. The number of H-pyrrole nitrogens is 2. The molecule has 8 aromatic rings. The fraction of sp³-hybridized carbons (Fsp3) is 0.400. The molecule has 5 aromatic carbocycles. The number of hydrogen-bond donors (Lipinski definition) is 3. The van der Waals surface area contributed by atoms with Crippen molar-refractivity contribution in [1.29, 1.82) is 0 Å². The number of hydrogen-bond acceptors (Lipinski definition) is 16. The van der Waals surface area contributed by atoms with Gasteiger partial charge >= 0.3 is 5.69 Å².